The van der Waals surface area contributed by atoms with Crippen molar-refractivity contribution in [2.45, 2.75) is 13.1 Å². The molecule has 2 rings (SSSR count). The maximum atomic E-state index is 12.7. The van der Waals surface area contributed by atoms with Crippen LogP contribution < -0.4 is 5.73 Å². The van der Waals surface area contributed by atoms with Gasteiger partial charge in [-0.2, -0.15) is 23.5 Å². The molecule has 0 aliphatic heterocycles. The number of alkyl halides is 3. The molecule has 0 atom stereocenters. The Hall–Kier alpha value is -1.91. The molecule has 0 amide bonds. The van der Waals surface area contributed by atoms with Crippen LogP contribution in [0.2, 0.25) is 10.0 Å². The highest BCUT2D eigenvalue weighted by atomic mass is 35.5. The highest BCUT2D eigenvalue weighted by molar-refractivity contribution is 6.38. The summed E-state index contributed by atoms with van der Waals surface area (Å²) >= 11 is 11.7. The first-order valence-corrected chi connectivity index (χ1v) is 6.24. The number of halogens is 5. The van der Waals surface area contributed by atoms with E-state index >= 15 is 0 Å². The maximum absolute atomic E-state index is 12.7. The van der Waals surface area contributed by atoms with E-state index in [4.69, 9.17) is 34.2 Å². The fraction of sp³-hybridized carbons (Fsp3) is 0.167. The van der Waals surface area contributed by atoms with Crippen molar-refractivity contribution in [3.05, 3.63) is 39.0 Å². The van der Waals surface area contributed by atoms with Crippen LogP contribution in [0.25, 0.3) is 5.69 Å². The SMILES string of the molecule is Cc1c(C#N)nn(-c2c(Cl)cc(C(F)(F)F)cc2Cl)c1N. The Kier molecular flexibility index (Phi) is 3.78. The topological polar surface area (TPSA) is 67.6 Å². The van der Waals surface area contributed by atoms with E-state index in [1.54, 1.807) is 6.92 Å². The van der Waals surface area contributed by atoms with Gasteiger partial charge in [0, 0.05) is 5.56 Å². The van der Waals surface area contributed by atoms with Crippen LogP contribution in [0.15, 0.2) is 12.1 Å². The summed E-state index contributed by atoms with van der Waals surface area (Å²) in [5.41, 5.74) is 5.23. The Morgan fingerprint density at radius 2 is 1.81 bits per heavy atom. The van der Waals surface area contributed by atoms with E-state index < -0.39 is 11.7 Å². The van der Waals surface area contributed by atoms with E-state index in [0.717, 1.165) is 16.8 Å². The molecule has 21 heavy (non-hydrogen) atoms. The number of rotatable bonds is 1. The van der Waals surface area contributed by atoms with Gasteiger partial charge in [0.25, 0.3) is 0 Å². The summed E-state index contributed by atoms with van der Waals surface area (Å²) in [5.74, 6) is 0.0788. The first-order valence-electron chi connectivity index (χ1n) is 5.48. The molecule has 110 valence electrons. The summed E-state index contributed by atoms with van der Waals surface area (Å²) in [7, 11) is 0. The monoisotopic (exact) mass is 334 g/mol. The van der Waals surface area contributed by atoms with Crippen molar-refractivity contribution >= 4 is 29.0 Å². The lowest BCUT2D eigenvalue weighted by Gasteiger charge is -2.13. The number of aromatic nitrogens is 2. The number of nitrogens with two attached hydrogens (primary N) is 1. The van der Waals surface area contributed by atoms with Gasteiger partial charge < -0.3 is 5.73 Å². The fourth-order valence-electron chi connectivity index (χ4n) is 1.72. The Balaban J connectivity index is 2.70. The molecule has 0 bridgehead atoms. The highest BCUT2D eigenvalue weighted by Gasteiger charge is 2.32. The van der Waals surface area contributed by atoms with Crippen LogP contribution in [-0.4, -0.2) is 9.78 Å². The summed E-state index contributed by atoms with van der Waals surface area (Å²) in [6, 6.07) is 3.28. The summed E-state index contributed by atoms with van der Waals surface area (Å²) < 4.78 is 39.1. The number of benzene rings is 1. The van der Waals surface area contributed by atoms with E-state index in [2.05, 4.69) is 5.10 Å². The van der Waals surface area contributed by atoms with Gasteiger partial charge in [0.1, 0.15) is 17.6 Å². The molecular weight excluding hydrogens is 328 g/mol. The predicted molar refractivity (Wildman–Crippen MR) is 72.5 cm³/mol. The molecule has 1 aromatic carbocycles. The first kappa shape index (κ1) is 15.5. The summed E-state index contributed by atoms with van der Waals surface area (Å²) in [4.78, 5) is 0. The third-order valence-electron chi connectivity index (χ3n) is 2.83. The minimum absolute atomic E-state index is 0.00608. The number of nitrogens with zero attached hydrogens (tertiary/aromatic N) is 3. The number of hydrogen-bond donors (Lipinski definition) is 1. The minimum Gasteiger partial charge on any atom is -0.383 e. The van der Waals surface area contributed by atoms with E-state index in [-0.39, 0.29) is 27.2 Å². The van der Waals surface area contributed by atoms with Crippen LogP contribution in [0.1, 0.15) is 16.8 Å². The minimum atomic E-state index is -4.57. The quantitative estimate of drug-likeness (QED) is 0.858. The lowest BCUT2D eigenvalue weighted by Crippen LogP contribution is -2.08. The van der Waals surface area contributed by atoms with Crippen molar-refractivity contribution in [3.8, 4) is 11.8 Å². The van der Waals surface area contributed by atoms with E-state index in [1.807, 2.05) is 6.07 Å². The van der Waals surface area contributed by atoms with E-state index in [9.17, 15) is 13.2 Å². The van der Waals surface area contributed by atoms with Crippen LogP contribution in [0, 0.1) is 18.3 Å². The average molecular weight is 335 g/mol. The van der Waals surface area contributed by atoms with Crippen molar-refractivity contribution in [2.24, 2.45) is 0 Å². The van der Waals surface area contributed by atoms with Crippen molar-refractivity contribution in [1.82, 2.24) is 9.78 Å². The Morgan fingerprint density at radius 3 is 2.19 bits per heavy atom. The molecule has 2 aromatic rings. The molecule has 2 N–H and O–H groups in total. The Bertz CT molecular complexity index is 736. The van der Waals surface area contributed by atoms with Crippen molar-refractivity contribution in [1.29, 1.82) is 5.26 Å². The molecule has 0 aliphatic rings. The molecule has 0 radical (unpaired) electrons. The molecule has 0 unspecified atom stereocenters. The van der Waals surface area contributed by atoms with Gasteiger partial charge >= 0.3 is 6.18 Å². The van der Waals surface area contributed by atoms with Gasteiger partial charge in [-0.1, -0.05) is 23.2 Å². The molecule has 1 aromatic heterocycles. The third-order valence-corrected chi connectivity index (χ3v) is 3.41. The van der Waals surface area contributed by atoms with Gasteiger partial charge in [0.15, 0.2) is 5.69 Å². The molecule has 4 nitrogen and oxygen atoms in total. The van der Waals surface area contributed by atoms with Gasteiger partial charge in [-0.3, -0.25) is 0 Å². The lowest BCUT2D eigenvalue weighted by atomic mass is 10.2. The largest absolute Gasteiger partial charge is 0.416 e. The van der Waals surface area contributed by atoms with Crippen molar-refractivity contribution in [2.75, 3.05) is 5.73 Å². The number of nitrogen functional groups attached to an aromatic ring is 1. The van der Waals surface area contributed by atoms with Crippen LogP contribution >= 0.6 is 23.2 Å². The second kappa shape index (κ2) is 5.13. The standard InChI is InChI=1S/C12H7Cl2F3N4/c1-5-9(4-18)20-21(11(5)19)10-7(13)2-6(3-8(10)14)12(15,16)17/h2-3H,19H2,1H3. The van der Waals surface area contributed by atoms with Crippen LogP contribution in [0.3, 0.4) is 0 Å². The number of anilines is 1. The van der Waals surface area contributed by atoms with Gasteiger partial charge in [-0.05, 0) is 19.1 Å². The average Bonchev–Trinajstić information content (AvgIpc) is 2.65. The summed E-state index contributed by atoms with van der Waals surface area (Å²) in [6.45, 7) is 1.56. The van der Waals surface area contributed by atoms with Gasteiger partial charge in [0.2, 0.25) is 0 Å². The predicted octanol–water partition coefficient (Wildman–Crippen LogP) is 3.96. The summed E-state index contributed by atoms with van der Waals surface area (Å²) in [5, 5.41) is 12.2. The zero-order chi connectivity index (χ0) is 15.9. The molecule has 9 heteroatoms. The van der Waals surface area contributed by atoms with Crippen molar-refractivity contribution in [3.63, 3.8) is 0 Å². The molecule has 0 saturated heterocycles. The Morgan fingerprint density at radius 1 is 1.29 bits per heavy atom. The normalized spacial score (nSPS) is 11.5. The fourth-order valence-corrected chi connectivity index (χ4v) is 2.36. The molecule has 0 fully saturated rings. The molecule has 0 saturated carbocycles. The summed E-state index contributed by atoms with van der Waals surface area (Å²) in [6.07, 6.45) is -4.57. The van der Waals surface area contributed by atoms with Gasteiger partial charge in [-0.25, -0.2) is 4.68 Å². The molecule has 0 aliphatic carbocycles. The van der Waals surface area contributed by atoms with E-state index in [1.165, 1.54) is 0 Å². The van der Waals surface area contributed by atoms with E-state index in [0.29, 0.717) is 5.56 Å². The zero-order valence-corrected chi connectivity index (χ0v) is 12.0. The molecule has 0 spiro atoms. The number of hydrogen-bond acceptors (Lipinski definition) is 3. The van der Waals surface area contributed by atoms with Crippen molar-refractivity contribution < 1.29 is 13.2 Å². The smallest absolute Gasteiger partial charge is 0.383 e. The third kappa shape index (κ3) is 2.64. The lowest BCUT2D eigenvalue weighted by molar-refractivity contribution is -0.137. The Labute approximate surface area is 127 Å². The van der Waals surface area contributed by atoms with Crippen LogP contribution in [0.4, 0.5) is 19.0 Å². The van der Waals surface area contributed by atoms with Crippen LogP contribution in [-0.2, 0) is 6.18 Å². The van der Waals surface area contributed by atoms with Crippen LogP contribution in [0.5, 0.6) is 0 Å². The maximum Gasteiger partial charge on any atom is 0.416 e. The molecular formula is C12H7Cl2F3N4. The second-order valence-corrected chi connectivity index (χ2v) is 4.98. The van der Waals surface area contributed by atoms with Gasteiger partial charge in [-0.15, -0.1) is 0 Å². The second-order valence-electron chi connectivity index (χ2n) is 4.17. The number of nitriles is 1. The zero-order valence-electron chi connectivity index (χ0n) is 10.5. The first-order chi connectivity index (χ1) is 9.66. The molecule has 1 heterocycles. The highest BCUT2D eigenvalue weighted by Crippen LogP contribution is 2.38. The van der Waals surface area contributed by atoms with Gasteiger partial charge in [0.05, 0.1) is 15.6 Å².